The van der Waals surface area contributed by atoms with E-state index in [0.717, 1.165) is 11.3 Å². The average Bonchev–Trinajstić information content (AvgIpc) is 2.42. The second-order valence-corrected chi connectivity index (χ2v) is 3.91. The van der Waals surface area contributed by atoms with Gasteiger partial charge in [-0.15, -0.1) is 0 Å². The summed E-state index contributed by atoms with van der Waals surface area (Å²) in [6, 6.07) is 2.57. The minimum absolute atomic E-state index is 0.00606. The van der Waals surface area contributed by atoms with E-state index >= 15 is 0 Å². The molecule has 3 nitrogen and oxygen atoms in total. The zero-order chi connectivity index (χ0) is 10.3. The van der Waals surface area contributed by atoms with E-state index in [9.17, 15) is 14.0 Å². The molecule has 0 atom stereocenters. The molecule has 0 spiro atoms. The number of aromatic amines is 1. The summed E-state index contributed by atoms with van der Waals surface area (Å²) >= 11 is 0.924. The quantitative estimate of drug-likeness (QED) is 0.733. The predicted octanol–water partition coefficient (Wildman–Crippen LogP) is 1.93. The van der Waals surface area contributed by atoms with Gasteiger partial charge in [0.15, 0.2) is 5.78 Å². The van der Waals surface area contributed by atoms with Crippen LogP contribution >= 0.6 is 11.3 Å². The van der Waals surface area contributed by atoms with Crippen LogP contribution in [0.15, 0.2) is 16.9 Å². The lowest BCUT2D eigenvalue weighted by Crippen LogP contribution is -1.96. The fourth-order valence-electron chi connectivity index (χ4n) is 1.24. The maximum absolute atomic E-state index is 13.2. The number of halogens is 1. The second-order valence-electron chi connectivity index (χ2n) is 2.90. The standard InChI is InChI=1S/C9H6FNO2S/c1-4(12)5-2-7-8(3-6(5)10)14-9(13)11-7/h2-3H,1H3,(H,11,13). The lowest BCUT2D eigenvalue weighted by Gasteiger charge is -1.97. The minimum atomic E-state index is -0.583. The van der Waals surface area contributed by atoms with E-state index in [1.54, 1.807) is 0 Å². The van der Waals surface area contributed by atoms with Crippen molar-refractivity contribution in [3.8, 4) is 0 Å². The number of rotatable bonds is 1. The monoisotopic (exact) mass is 211 g/mol. The Bertz CT molecular complexity index is 570. The van der Waals surface area contributed by atoms with Crippen molar-refractivity contribution in [3.63, 3.8) is 0 Å². The molecule has 1 N–H and O–H groups in total. The summed E-state index contributed by atoms with van der Waals surface area (Å²) in [5, 5.41) is 0. The van der Waals surface area contributed by atoms with Gasteiger partial charge in [0.05, 0.1) is 15.8 Å². The van der Waals surface area contributed by atoms with Crippen molar-refractivity contribution in [1.82, 2.24) is 4.98 Å². The van der Waals surface area contributed by atoms with Gasteiger partial charge in [-0.05, 0) is 19.1 Å². The molecule has 2 aromatic rings. The number of fused-ring (bicyclic) bond motifs is 1. The van der Waals surface area contributed by atoms with E-state index in [4.69, 9.17) is 0 Å². The third-order valence-electron chi connectivity index (χ3n) is 1.89. The van der Waals surface area contributed by atoms with Gasteiger partial charge in [-0.3, -0.25) is 9.59 Å². The normalized spacial score (nSPS) is 10.7. The van der Waals surface area contributed by atoms with Crippen LogP contribution < -0.4 is 4.87 Å². The zero-order valence-corrected chi connectivity index (χ0v) is 8.07. The highest BCUT2D eigenvalue weighted by Gasteiger charge is 2.10. The Hall–Kier alpha value is -1.49. The molecule has 2 rings (SSSR count). The van der Waals surface area contributed by atoms with Crippen LogP contribution in [0.25, 0.3) is 10.2 Å². The molecule has 1 aromatic carbocycles. The molecule has 1 aromatic heterocycles. The Balaban J connectivity index is 2.82. The summed E-state index contributed by atoms with van der Waals surface area (Å²) in [6.07, 6.45) is 0. The lowest BCUT2D eigenvalue weighted by atomic mass is 10.1. The van der Waals surface area contributed by atoms with Crippen LogP contribution in [0.4, 0.5) is 4.39 Å². The molecule has 5 heteroatoms. The van der Waals surface area contributed by atoms with E-state index in [1.165, 1.54) is 19.1 Å². The van der Waals surface area contributed by atoms with Gasteiger partial charge in [-0.1, -0.05) is 11.3 Å². The van der Waals surface area contributed by atoms with Crippen molar-refractivity contribution < 1.29 is 9.18 Å². The molecule has 1 heterocycles. The van der Waals surface area contributed by atoms with E-state index < -0.39 is 5.82 Å². The third-order valence-corrected chi connectivity index (χ3v) is 2.73. The highest BCUT2D eigenvalue weighted by Crippen LogP contribution is 2.19. The largest absolute Gasteiger partial charge is 0.312 e. The first-order valence-electron chi connectivity index (χ1n) is 3.91. The SMILES string of the molecule is CC(=O)c1cc2[nH]c(=O)sc2cc1F. The summed E-state index contributed by atoms with van der Waals surface area (Å²) in [6.45, 7) is 1.29. The Morgan fingerprint density at radius 3 is 2.86 bits per heavy atom. The highest BCUT2D eigenvalue weighted by molar-refractivity contribution is 7.16. The van der Waals surface area contributed by atoms with Gasteiger partial charge >= 0.3 is 4.87 Å². The smallest absolute Gasteiger partial charge is 0.305 e. The molecular formula is C9H6FNO2S. The molecule has 72 valence electrons. The molecule has 0 saturated carbocycles. The number of carbonyl (C=O) groups is 1. The minimum Gasteiger partial charge on any atom is -0.312 e. The van der Waals surface area contributed by atoms with Crippen LogP contribution in [0.1, 0.15) is 17.3 Å². The van der Waals surface area contributed by atoms with Gasteiger partial charge in [0.2, 0.25) is 0 Å². The van der Waals surface area contributed by atoms with Crippen molar-refractivity contribution in [2.75, 3.05) is 0 Å². The summed E-state index contributed by atoms with van der Waals surface area (Å²) in [7, 11) is 0. The summed E-state index contributed by atoms with van der Waals surface area (Å²) in [4.78, 5) is 24.2. The number of benzene rings is 1. The molecule has 0 aliphatic rings. The first kappa shape index (κ1) is 9.08. The van der Waals surface area contributed by atoms with E-state index in [0.29, 0.717) is 10.2 Å². The molecule has 0 radical (unpaired) electrons. The Kier molecular flexibility index (Phi) is 1.96. The first-order chi connectivity index (χ1) is 6.58. The third kappa shape index (κ3) is 1.35. The summed E-state index contributed by atoms with van der Waals surface area (Å²) in [5.74, 6) is -0.934. The van der Waals surface area contributed by atoms with Crippen LogP contribution in [-0.4, -0.2) is 10.8 Å². The molecule has 0 saturated heterocycles. The highest BCUT2D eigenvalue weighted by atomic mass is 32.1. The van der Waals surface area contributed by atoms with Crippen LogP contribution in [-0.2, 0) is 0 Å². The fourth-order valence-corrected chi connectivity index (χ4v) is 1.99. The number of H-pyrrole nitrogens is 1. The van der Waals surface area contributed by atoms with Gasteiger partial charge < -0.3 is 4.98 Å². The fraction of sp³-hybridized carbons (Fsp3) is 0.111. The first-order valence-corrected chi connectivity index (χ1v) is 4.73. The molecule has 14 heavy (non-hydrogen) atoms. The van der Waals surface area contributed by atoms with E-state index in [2.05, 4.69) is 4.98 Å². The number of ketones is 1. The topological polar surface area (TPSA) is 49.9 Å². The van der Waals surface area contributed by atoms with Crippen molar-refractivity contribution in [2.45, 2.75) is 6.92 Å². The van der Waals surface area contributed by atoms with Gasteiger partial charge in [-0.2, -0.15) is 0 Å². The van der Waals surface area contributed by atoms with Crippen molar-refractivity contribution in [2.24, 2.45) is 0 Å². The van der Waals surface area contributed by atoms with Gasteiger partial charge in [0.25, 0.3) is 0 Å². The number of aromatic nitrogens is 1. The Morgan fingerprint density at radius 2 is 2.21 bits per heavy atom. The maximum atomic E-state index is 13.2. The summed E-state index contributed by atoms with van der Waals surface area (Å²) in [5.41, 5.74) is 0.512. The Labute approximate surface area is 82.2 Å². The predicted molar refractivity (Wildman–Crippen MR) is 52.4 cm³/mol. The van der Waals surface area contributed by atoms with E-state index in [-0.39, 0.29) is 16.2 Å². The average molecular weight is 211 g/mol. The molecule has 0 aliphatic heterocycles. The maximum Gasteiger partial charge on any atom is 0.305 e. The Morgan fingerprint density at radius 1 is 1.50 bits per heavy atom. The van der Waals surface area contributed by atoms with Crippen molar-refractivity contribution in [3.05, 3.63) is 33.2 Å². The number of thiazole rings is 1. The zero-order valence-electron chi connectivity index (χ0n) is 7.26. The number of hydrogen-bond donors (Lipinski definition) is 1. The molecule has 0 fully saturated rings. The van der Waals surface area contributed by atoms with Gasteiger partial charge in [0.1, 0.15) is 5.82 Å². The molecule has 0 unspecified atom stereocenters. The number of nitrogens with one attached hydrogen (secondary N) is 1. The van der Waals surface area contributed by atoms with Crippen LogP contribution in [0.2, 0.25) is 0 Å². The molecular weight excluding hydrogens is 205 g/mol. The van der Waals surface area contributed by atoms with Crippen LogP contribution in [0.3, 0.4) is 0 Å². The molecule has 0 bridgehead atoms. The van der Waals surface area contributed by atoms with Crippen LogP contribution in [0.5, 0.6) is 0 Å². The van der Waals surface area contributed by atoms with Crippen LogP contribution in [0, 0.1) is 5.82 Å². The number of hydrogen-bond acceptors (Lipinski definition) is 3. The van der Waals surface area contributed by atoms with Crippen molar-refractivity contribution in [1.29, 1.82) is 0 Å². The van der Waals surface area contributed by atoms with Gasteiger partial charge in [-0.25, -0.2) is 4.39 Å². The summed E-state index contributed by atoms with van der Waals surface area (Å²) < 4.78 is 13.8. The van der Waals surface area contributed by atoms with E-state index in [1.807, 2.05) is 0 Å². The second kappa shape index (κ2) is 3.02. The number of carbonyl (C=O) groups excluding carboxylic acids is 1. The lowest BCUT2D eigenvalue weighted by molar-refractivity contribution is 0.101. The number of Topliss-reactive ketones (excluding diaryl/α,β-unsaturated/α-hetero) is 1. The molecule has 0 amide bonds. The molecule has 0 aliphatic carbocycles. The van der Waals surface area contributed by atoms with Gasteiger partial charge in [0, 0.05) is 0 Å². The van der Waals surface area contributed by atoms with Crippen molar-refractivity contribution >= 4 is 27.3 Å².